The highest BCUT2D eigenvalue weighted by Crippen LogP contribution is 2.33. The summed E-state index contributed by atoms with van der Waals surface area (Å²) < 4.78 is 5.51. The Kier molecular flexibility index (Phi) is 3.08. The lowest BCUT2D eigenvalue weighted by Gasteiger charge is -2.33. The molecular weight excluding hydrogens is 206 g/mol. The Labute approximate surface area is 94.3 Å². The lowest BCUT2D eigenvalue weighted by atomic mass is 9.75. The minimum Gasteiger partial charge on any atom is -0.478 e. The second-order valence-electron chi connectivity index (χ2n) is 4.32. The van der Waals surface area contributed by atoms with Crippen LogP contribution in [0, 0.1) is 11.8 Å². The molecule has 4 heteroatoms. The van der Waals surface area contributed by atoms with E-state index in [2.05, 4.69) is 11.9 Å². The Morgan fingerprint density at radius 2 is 2.38 bits per heavy atom. The first-order valence-electron chi connectivity index (χ1n) is 5.49. The first-order chi connectivity index (χ1) is 7.66. The van der Waals surface area contributed by atoms with Crippen LogP contribution in [-0.4, -0.2) is 22.7 Å². The molecule has 4 nitrogen and oxygen atoms in total. The highest BCUT2D eigenvalue weighted by atomic mass is 16.5. The molecule has 0 bridgehead atoms. The van der Waals surface area contributed by atoms with Crippen molar-refractivity contribution in [3.63, 3.8) is 0 Å². The lowest BCUT2D eigenvalue weighted by Crippen LogP contribution is -2.28. The van der Waals surface area contributed by atoms with Crippen LogP contribution in [0.1, 0.15) is 30.1 Å². The van der Waals surface area contributed by atoms with Gasteiger partial charge >= 0.3 is 5.97 Å². The Hall–Kier alpha value is -1.58. The Morgan fingerprint density at radius 3 is 2.81 bits per heavy atom. The molecule has 0 spiro atoms. The van der Waals surface area contributed by atoms with Gasteiger partial charge in [0.2, 0.25) is 5.88 Å². The molecule has 1 N–H and O–H groups in total. The molecule has 1 fully saturated rings. The maximum atomic E-state index is 10.6. The van der Waals surface area contributed by atoms with Gasteiger partial charge in [0.1, 0.15) is 0 Å². The largest absolute Gasteiger partial charge is 0.478 e. The van der Waals surface area contributed by atoms with Gasteiger partial charge in [-0.1, -0.05) is 6.92 Å². The van der Waals surface area contributed by atoms with Gasteiger partial charge in [-0.15, -0.1) is 0 Å². The molecule has 1 aromatic rings. The smallest absolute Gasteiger partial charge is 0.337 e. The molecule has 0 amide bonds. The van der Waals surface area contributed by atoms with Gasteiger partial charge in [0.05, 0.1) is 12.2 Å². The van der Waals surface area contributed by atoms with Gasteiger partial charge < -0.3 is 9.84 Å². The van der Waals surface area contributed by atoms with Crippen molar-refractivity contribution < 1.29 is 14.6 Å². The Balaban J connectivity index is 1.87. The summed E-state index contributed by atoms with van der Waals surface area (Å²) in [5, 5.41) is 8.69. The molecule has 1 aromatic heterocycles. The topological polar surface area (TPSA) is 59.4 Å². The molecular formula is C12H15NO3. The van der Waals surface area contributed by atoms with Gasteiger partial charge in [-0.05, 0) is 30.7 Å². The van der Waals surface area contributed by atoms with Gasteiger partial charge in [-0.25, -0.2) is 9.78 Å². The van der Waals surface area contributed by atoms with Crippen molar-refractivity contribution in [2.24, 2.45) is 11.8 Å². The predicted molar refractivity (Wildman–Crippen MR) is 58.6 cm³/mol. The van der Waals surface area contributed by atoms with Crippen LogP contribution in [0.25, 0.3) is 0 Å². The average molecular weight is 221 g/mol. The fourth-order valence-electron chi connectivity index (χ4n) is 1.77. The third-order valence-electron chi connectivity index (χ3n) is 3.23. The summed E-state index contributed by atoms with van der Waals surface area (Å²) in [5.41, 5.74) is 0.185. The zero-order valence-corrected chi connectivity index (χ0v) is 9.22. The van der Waals surface area contributed by atoms with Crippen LogP contribution in [0.3, 0.4) is 0 Å². The van der Waals surface area contributed by atoms with Crippen molar-refractivity contribution in [2.75, 3.05) is 6.61 Å². The van der Waals surface area contributed by atoms with Crippen molar-refractivity contribution in [1.82, 2.24) is 4.98 Å². The summed E-state index contributed by atoms with van der Waals surface area (Å²) in [6.45, 7) is 2.90. The second kappa shape index (κ2) is 4.51. The number of rotatable bonds is 4. The number of carbonyl (C=O) groups is 1. The molecule has 0 aliphatic heterocycles. The maximum absolute atomic E-state index is 10.6. The van der Waals surface area contributed by atoms with Gasteiger partial charge in [0.25, 0.3) is 0 Å². The molecule has 1 saturated carbocycles. The standard InChI is InChI=1S/C12H15NO3/c1-8-2-3-10(8)7-16-11-5-4-9(6-13-11)12(14)15/h4-6,8,10H,2-3,7H2,1H3,(H,14,15)/t8-,10+/m1/s1. The molecule has 0 unspecified atom stereocenters. The van der Waals surface area contributed by atoms with E-state index in [9.17, 15) is 4.79 Å². The summed E-state index contributed by atoms with van der Waals surface area (Å²) in [6, 6.07) is 3.11. The first kappa shape index (κ1) is 10.9. The van der Waals surface area contributed by atoms with Crippen LogP contribution in [0.5, 0.6) is 5.88 Å². The monoisotopic (exact) mass is 221 g/mol. The molecule has 2 rings (SSSR count). The number of pyridine rings is 1. The normalized spacial score (nSPS) is 23.6. The number of hydrogen-bond acceptors (Lipinski definition) is 3. The number of aromatic carboxylic acids is 1. The first-order valence-corrected chi connectivity index (χ1v) is 5.49. The van der Waals surface area contributed by atoms with Crippen molar-refractivity contribution in [3.05, 3.63) is 23.9 Å². The minimum atomic E-state index is -0.966. The van der Waals surface area contributed by atoms with Gasteiger partial charge in [-0.2, -0.15) is 0 Å². The number of hydrogen-bond donors (Lipinski definition) is 1. The van der Waals surface area contributed by atoms with Crippen molar-refractivity contribution >= 4 is 5.97 Å². The molecule has 0 saturated heterocycles. The minimum absolute atomic E-state index is 0.185. The predicted octanol–water partition coefficient (Wildman–Crippen LogP) is 2.20. The van der Waals surface area contributed by atoms with E-state index in [0.29, 0.717) is 18.4 Å². The van der Waals surface area contributed by atoms with E-state index in [1.165, 1.54) is 25.1 Å². The van der Waals surface area contributed by atoms with E-state index in [-0.39, 0.29) is 5.56 Å². The Morgan fingerprint density at radius 1 is 1.56 bits per heavy atom. The number of carboxylic acid groups (broad SMARTS) is 1. The molecule has 86 valence electrons. The molecule has 1 heterocycles. The summed E-state index contributed by atoms with van der Waals surface area (Å²) >= 11 is 0. The quantitative estimate of drug-likeness (QED) is 0.846. The zero-order valence-electron chi connectivity index (χ0n) is 9.22. The van der Waals surface area contributed by atoms with E-state index >= 15 is 0 Å². The highest BCUT2D eigenvalue weighted by molar-refractivity contribution is 5.87. The number of carboxylic acids is 1. The second-order valence-corrected chi connectivity index (χ2v) is 4.32. The summed E-state index contributed by atoms with van der Waals surface area (Å²) in [4.78, 5) is 14.5. The van der Waals surface area contributed by atoms with E-state index in [1.807, 2.05) is 0 Å². The van der Waals surface area contributed by atoms with E-state index in [1.54, 1.807) is 6.07 Å². The van der Waals surface area contributed by atoms with E-state index in [0.717, 1.165) is 5.92 Å². The highest BCUT2D eigenvalue weighted by Gasteiger charge is 2.27. The van der Waals surface area contributed by atoms with Crippen LogP contribution < -0.4 is 4.74 Å². The summed E-state index contributed by atoms with van der Waals surface area (Å²) in [6.07, 6.45) is 3.82. The number of aromatic nitrogens is 1. The van der Waals surface area contributed by atoms with Crippen LogP contribution in [0.2, 0.25) is 0 Å². The fraction of sp³-hybridized carbons (Fsp3) is 0.500. The van der Waals surface area contributed by atoms with Gasteiger partial charge in [0.15, 0.2) is 0 Å². The van der Waals surface area contributed by atoms with Gasteiger partial charge in [-0.3, -0.25) is 0 Å². The van der Waals surface area contributed by atoms with Gasteiger partial charge in [0, 0.05) is 12.3 Å². The van der Waals surface area contributed by atoms with Crippen LogP contribution >= 0.6 is 0 Å². The molecule has 0 aromatic carbocycles. The van der Waals surface area contributed by atoms with E-state index < -0.39 is 5.97 Å². The number of ether oxygens (including phenoxy) is 1. The summed E-state index contributed by atoms with van der Waals surface area (Å²) in [7, 11) is 0. The van der Waals surface area contributed by atoms with Crippen LogP contribution in [-0.2, 0) is 0 Å². The molecule has 2 atom stereocenters. The number of nitrogens with zero attached hydrogens (tertiary/aromatic N) is 1. The maximum Gasteiger partial charge on any atom is 0.337 e. The third-order valence-corrected chi connectivity index (χ3v) is 3.23. The summed E-state index contributed by atoms with van der Waals surface area (Å²) in [5.74, 6) is 0.898. The lowest BCUT2D eigenvalue weighted by molar-refractivity contribution is 0.0696. The van der Waals surface area contributed by atoms with Crippen LogP contribution in [0.15, 0.2) is 18.3 Å². The van der Waals surface area contributed by atoms with Crippen LogP contribution in [0.4, 0.5) is 0 Å². The Bertz CT molecular complexity index is 374. The molecule has 16 heavy (non-hydrogen) atoms. The molecule has 0 radical (unpaired) electrons. The average Bonchev–Trinajstić information content (AvgIpc) is 2.28. The molecule has 1 aliphatic carbocycles. The third kappa shape index (κ3) is 2.32. The fourth-order valence-corrected chi connectivity index (χ4v) is 1.77. The van der Waals surface area contributed by atoms with Crippen molar-refractivity contribution in [3.8, 4) is 5.88 Å². The molecule has 1 aliphatic rings. The SMILES string of the molecule is C[C@@H]1CC[C@H]1COc1ccc(C(=O)O)cn1. The van der Waals surface area contributed by atoms with Crippen molar-refractivity contribution in [2.45, 2.75) is 19.8 Å². The van der Waals surface area contributed by atoms with E-state index in [4.69, 9.17) is 9.84 Å². The zero-order chi connectivity index (χ0) is 11.5. The van der Waals surface area contributed by atoms with Crippen molar-refractivity contribution in [1.29, 1.82) is 0 Å².